The van der Waals surface area contributed by atoms with Gasteiger partial charge in [-0.05, 0) is 63.7 Å². The van der Waals surface area contributed by atoms with Crippen LogP contribution in [0.2, 0.25) is 0 Å². The number of para-hydroxylation sites is 2. The molecular formula is C52H32N4O. The lowest BCUT2D eigenvalue weighted by molar-refractivity contribution is 0.436. The molecule has 1 aliphatic heterocycles. The lowest BCUT2D eigenvalue weighted by atomic mass is 9.66. The van der Waals surface area contributed by atoms with Gasteiger partial charge in [0.15, 0.2) is 11.6 Å². The maximum atomic E-state index is 6.64. The topological polar surface area (TPSA) is 52.8 Å². The average Bonchev–Trinajstić information content (AvgIpc) is 3.76. The van der Waals surface area contributed by atoms with Crippen LogP contribution in [0.1, 0.15) is 22.3 Å². The molecule has 0 saturated heterocycles. The van der Waals surface area contributed by atoms with Gasteiger partial charge < -0.3 is 4.74 Å². The largest absolute Gasteiger partial charge is 0.457 e. The van der Waals surface area contributed by atoms with Crippen molar-refractivity contribution in [2.24, 2.45) is 0 Å². The van der Waals surface area contributed by atoms with Gasteiger partial charge in [-0.3, -0.25) is 4.57 Å². The summed E-state index contributed by atoms with van der Waals surface area (Å²) in [6.45, 7) is 0. The number of benzene rings is 8. The van der Waals surface area contributed by atoms with Crippen molar-refractivity contribution in [2.75, 3.05) is 0 Å². The van der Waals surface area contributed by atoms with Crippen LogP contribution in [-0.4, -0.2) is 19.5 Å². The number of ether oxygens (including phenoxy) is 1. The van der Waals surface area contributed by atoms with E-state index in [0.717, 1.165) is 66.7 Å². The zero-order chi connectivity index (χ0) is 37.5. The number of hydrogen-bond donors (Lipinski definition) is 0. The highest BCUT2D eigenvalue weighted by atomic mass is 16.5. The van der Waals surface area contributed by atoms with Gasteiger partial charge in [-0.15, -0.1) is 0 Å². The van der Waals surface area contributed by atoms with E-state index in [9.17, 15) is 0 Å². The van der Waals surface area contributed by atoms with Crippen LogP contribution < -0.4 is 4.74 Å². The minimum Gasteiger partial charge on any atom is -0.457 e. The summed E-state index contributed by atoms with van der Waals surface area (Å²) < 4.78 is 8.89. The second kappa shape index (κ2) is 12.2. The number of aromatic nitrogens is 4. The summed E-state index contributed by atoms with van der Waals surface area (Å²) in [5, 5.41) is 2.25. The van der Waals surface area contributed by atoms with Crippen molar-refractivity contribution < 1.29 is 4.74 Å². The van der Waals surface area contributed by atoms with Crippen molar-refractivity contribution in [1.29, 1.82) is 0 Å². The molecule has 0 radical (unpaired) electrons. The molecule has 5 heteroatoms. The van der Waals surface area contributed by atoms with Gasteiger partial charge in [-0.25, -0.2) is 4.98 Å². The molecule has 1 spiro atoms. The zero-order valence-electron chi connectivity index (χ0n) is 30.7. The van der Waals surface area contributed by atoms with Crippen LogP contribution in [-0.2, 0) is 5.41 Å². The van der Waals surface area contributed by atoms with E-state index in [-0.39, 0.29) is 0 Å². The van der Waals surface area contributed by atoms with Gasteiger partial charge in [0, 0.05) is 33.0 Å². The number of nitrogens with zero attached hydrogens (tertiary/aromatic N) is 4. The first-order valence-electron chi connectivity index (χ1n) is 19.3. The fourth-order valence-electron chi connectivity index (χ4n) is 9.28. The maximum absolute atomic E-state index is 6.64. The van der Waals surface area contributed by atoms with Crippen molar-refractivity contribution in [3.05, 3.63) is 216 Å². The van der Waals surface area contributed by atoms with Gasteiger partial charge in [-0.1, -0.05) is 164 Å². The fourth-order valence-corrected chi connectivity index (χ4v) is 9.28. The van der Waals surface area contributed by atoms with Crippen molar-refractivity contribution in [3.63, 3.8) is 0 Å². The predicted octanol–water partition coefficient (Wildman–Crippen LogP) is 12.4. The van der Waals surface area contributed by atoms with E-state index < -0.39 is 5.41 Å². The molecule has 3 heterocycles. The van der Waals surface area contributed by atoms with Crippen LogP contribution in [0.5, 0.6) is 11.5 Å². The molecule has 2 aliphatic rings. The molecule has 1 aliphatic carbocycles. The first-order chi connectivity index (χ1) is 28.3. The minimum absolute atomic E-state index is 0.565. The summed E-state index contributed by atoms with van der Waals surface area (Å²) in [6.07, 6.45) is 0. The molecule has 0 unspecified atom stereocenters. The third kappa shape index (κ3) is 4.60. The monoisotopic (exact) mass is 728 g/mol. The maximum Gasteiger partial charge on any atom is 0.238 e. The molecule has 0 amide bonds. The SMILES string of the molecule is c1ccc(-c2ccc3c4cc5c(cc4n(-c4nc(-c6ccccc6)nc(-c6ccccc6)n4)c3c2)-c2ccccc2C52c3ccccc3Oc3ccccc32)cc1. The molecule has 0 atom stereocenters. The van der Waals surface area contributed by atoms with Crippen molar-refractivity contribution in [2.45, 2.75) is 5.41 Å². The standard InChI is InChI=1S/C52H32N4O/c1-4-16-33(17-5-1)36-28-29-38-40-31-44-39(37-22-10-11-23-41(37)52(44)42-24-12-14-26-47(42)57-48-27-15-13-25-43(48)52)32-46(40)56(45(38)30-36)51-54-49(34-18-6-2-7-19-34)53-50(55-51)35-20-8-3-9-21-35/h1-32H. The van der Waals surface area contributed by atoms with E-state index in [2.05, 4.69) is 162 Å². The Labute approximate surface area is 329 Å². The summed E-state index contributed by atoms with van der Waals surface area (Å²) in [6, 6.07) is 68.4. The second-order valence-electron chi connectivity index (χ2n) is 14.8. The molecule has 0 fully saturated rings. The Morgan fingerprint density at radius 1 is 0.368 bits per heavy atom. The summed E-state index contributed by atoms with van der Waals surface area (Å²) in [7, 11) is 0. The first kappa shape index (κ1) is 31.7. The van der Waals surface area contributed by atoms with E-state index >= 15 is 0 Å². The summed E-state index contributed by atoms with van der Waals surface area (Å²) in [5.74, 6) is 3.56. The Morgan fingerprint density at radius 2 is 0.895 bits per heavy atom. The van der Waals surface area contributed by atoms with Gasteiger partial charge in [-0.2, -0.15) is 9.97 Å². The quantitative estimate of drug-likeness (QED) is 0.181. The second-order valence-corrected chi connectivity index (χ2v) is 14.8. The molecule has 12 rings (SSSR count). The van der Waals surface area contributed by atoms with Gasteiger partial charge in [0.05, 0.1) is 16.4 Å². The fraction of sp³-hybridized carbons (Fsp3) is 0.0192. The molecular weight excluding hydrogens is 697 g/mol. The molecule has 5 nitrogen and oxygen atoms in total. The molecule has 10 aromatic rings. The minimum atomic E-state index is -0.585. The summed E-state index contributed by atoms with van der Waals surface area (Å²) in [5.41, 5.74) is 12.7. The van der Waals surface area contributed by atoms with Crippen LogP contribution in [0.4, 0.5) is 0 Å². The Bertz CT molecular complexity index is 3110. The van der Waals surface area contributed by atoms with E-state index in [0.29, 0.717) is 17.6 Å². The molecule has 0 N–H and O–H groups in total. The Morgan fingerprint density at radius 3 is 1.53 bits per heavy atom. The Balaban J connectivity index is 1.22. The summed E-state index contributed by atoms with van der Waals surface area (Å²) in [4.78, 5) is 15.6. The third-order valence-electron chi connectivity index (χ3n) is 11.7. The molecule has 0 bridgehead atoms. The van der Waals surface area contributed by atoms with E-state index in [1.54, 1.807) is 0 Å². The molecule has 0 saturated carbocycles. The van der Waals surface area contributed by atoms with Crippen LogP contribution in [0, 0.1) is 0 Å². The predicted molar refractivity (Wildman–Crippen MR) is 228 cm³/mol. The highest BCUT2D eigenvalue weighted by molar-refractivity contribution is 6.12. The van der Waals surface area contributed by atoms with E-state index in [1.807, 2.05) is 36.4 Å². The first-order valence-corrected chi connectivity index (χ1v) is 19.3. The van der Waals surface area contributed by atoms with Crippen molar-refractivity contribution >= 4 is 21.8 Å². The smallest absolute Gasteiger partial charge is 0.238 e. The van der Waals surface area contributed by atoms with E-state index in [1.165, 1.54) is 22.3 Å². The molecule has 57 heavy (non-hydrogen) atoms. The van der Waals surface area contributed by atoms with Crippen LogP contribution >= 0.6 is 0 Å². The van der Waals surface area contributed by atoms with E-state index in [4.69, 9.17) is 19.7 Å². The van der Waals surface area contributed by atoms with Crippen molar-refractivity contribution in [1.82, 2.24) is 19.5 Å². The van der Waals surface area contributed by atoms with Crippen LogP contribution in [0.25, 0.3) is 72.8 Å². The number of fused-ring (bicyclic) bond motifs is 12. The lowest BCUT2D eigenvalue weighted by Gasteiger charge is -2.39. The van der Waals surface area contributed by atoms with Gasteiger partial charge in [0.25, 0.3) is 0 Å². The van der Waals surface area contributed by atoms with Crippen molar-refractivity contribution in [3.8, 4) is 62.5 Å². The number of rotatable bonds is 4. The third-order valence-corrected chi connectivity index (χ3v) is 11.7. The highest BCUT2D eigenvalue weighted by Gasteiger charge is 2.51. The van der Waals surface area contributed by atoms with Gasteiger partial charge in [0.2, 0.25) is 5.95 Å². The van der Waals surface area contributed by atoms with Gasteiger partial charge in [0.1, 0.15) is 11.5 Å². The molecule has 2 aromatic heterocycles. The normalized spacial score (nSPS) is 13.2. The zero-order valence-corrected chi connectivity index (χ0v) is 30.7. The Kier molecular flexibility index (Phi) is 6.78. The lowest BCUT2D eigenvalue weighted by Crippen LogP contribution is -2.32. The molecule has 266 valence electrons. The average molecular weight is 729 g/mol. The highest BCUT2D eigenvalue weighted by Crippen LogP contribution is 2.62. The molecule has 8 aromatic carbocycles. The number of hydrogen-bond acceptors (Lipinski definition) is 4. The van der Waals surface area contributed by atoms with Crippen LogP contribution in [0.3, 0.4) is 0 Å². The van der Waals surface area contributed by atoms with Gasteiger partial charge >= 0.3 is 0 Å². The Hall–Kier alpha value is -7.63. The summed E-state index contributed by atoms with van der Waals surface area (Å²) >= 11 is 0. The van der Waals surface area contributed by atoms with Crippen LogP contribution in [0.15, 0.2) is 194 Å².